The normalized spacial score (nSPS) is 20.2. The molecule has 1 saturated heterocycles. The van der Waals surface area contributed by atoms with E-state index in [1.165, 1.54) is 5.56 Å². The first-order valence-corrected chi connectivity index (χ1v) is 13.4. The Balaban J connectivity index is 2.70. The molecule has 1 fully saturated rings. The summed E-state index contributed by atoms with van der Waals surface area (Å²) in [6.07, 6.45) is 1.82. The molecule has 1 aliphatic rings. The summed E-state index contributed by atoms with van der Waals surface area (Å²) in [5.41, 5.74) is 3.15. The predicted octanol–water partition coefficient (Wildman–Crippen LogP) is 7.02. The summed E-state index contributed by atoms with van der Waals surface area (Å²) in [5, 5.41) is 0. The fourth-order valence-corrected chi connectivity index (χ4v) is 7.32. The van der Waals surface area contributed by atoms with Gasteiger partial charge in [-0.2, -0.15) is 4.31 Å². The highest BCUT2D eigenvalue weighted by Gasteiger charge is 2.44. The Morgan fingerprint density at radius 1 is 0.966 bits per heavy atom. The Bertz CT molecular complexity index is 793. The standard InChI is InChI=1S/C24H40BrNO2S/c1-15(2)18-13-19(16(3)4)22(20(14-18)17(5)6)29(27,28)26-12-10-11-21(26)23(25)24(7,8)9/h13-17,21,23H,10-12H2,1-9H3/t21?,23-/m0/s1. The van der Waals surface area contributed by atoms with Crippen LogP contribution in [0, 0.1) is 5.41 Å². The molecule has 1 aromatic carbocycles. The molecule has 0 aliphatic carbocycles. The molecule has 1 heterocycles. The maximum atomic E-state index is 14.1. The van der Waals surface area contributed by atoms with Gasteiger partial charge >= 0.3 is 0 Å². The summed E-state index contributed by atoms with van der Waals surface area (Å²) in [6.45, 7) is 19.9. The predicted molar refractivity (Wildman–Crippen MR) is 128 cm³/mol. The van der Waals surface area contributed by atoms with Crippen LogP contribution < -0.4 is 0 Å². The van der Waals surface area contributed by atoms with Gasteiger partial charge in [-0.05, 0) is 52.7 Å². The topological polar surface area (TPSA) is 37.4 Å². The molecule has 0 spiro atoms. The number of halogens is 1. The highest BCUT2D eigenvalue weighted by Crippen LogP contribution is 2.42. The van der Waals surface area contributed by atoms with E-state index in [1.54, 1.807) is 4.31 Å². The van der Waals surface area contributed by atoms with Crippen LogP contribution in [0.25, 0.3) is 0 Å². The summed E-state index contributed by atoms with van der Waals surface area (Å²) in [4.78, 5) is 0.680. The third-order valence-corrected chi connectivity index (χ3v) is 10.1. The molecule has 1 aliphatic heterocycles. The van der Waals surface area contributed by atoms with Gasteiger partial charge in [0, 0.05) is 17.4 Å². The van der Waals surface area contributed by atoms with Crippen molar-refractivity contribution < 1.29 is 8.42 Å². The van der Waals surface area contributed by atoms with Gasteiger partial charge in [0.2, 0.25) is 10.0 Å². The van der Waals surface area contributed by atoms with Gasteiger partial charge in [0.25, 0.3) is 0 Å². The number of hydrogen-bond donors (Lipinski definition) is 0. The molecule has 0 bridgehead atoms. The van der Waals surface area contributed by atoms with Gasteiger partial charge in [-0.1, -0.05) is 90.4 Å². The maximum absolute atomic E-state index is 14.1. The van der Waals surface area contributed by atoms with E-state index >= 15 is 0 Å². The quantitative estimate of drug-likeness (QED) is 0.405. The summed E-state index contributed by atoms with van der Waals surface area (Å²) in [6, 6.07) is 4.26. The second-order valence-electron chi connectivity index (χ2n) is 10.6. The Morgan fingerprint density at radius 2 is 1.45 bits per heavy atom. The van der Waals surface area contributed by atoms with Crippen LogP contribution in [0.2, 0.25) is 0 Å². The van der Waals surface area contributed by atoms with E-state index < -0.39 is 10.0 Å². The van der Waals surface area contributed by atoms with Crippen molar-refractivity contribution in [1.29, 1.82) is 0 Å². The zero-order chi connectivity index (χ0) is 22.3. The highest BCUT2D eigenvalue weighted by atomic mass is 79.9. The Labute approximate surface area is 187 Å². The summed E-state index contributed by atoms with van der Waals surface area (Å²) in [7, 11) is -3.58. The van der Waals surface area contributed by atoms with Crippen LogP contribution in [0.5, 0.6) is 0 Å². The van der Waals surface area contributed by atoms with Crippen LogP contribution in [-0.4, -0.2) is 30.1 Å². The zero-order valence-electron chi connectivity index (χ0n) is 19.7. The lowest BCUT2D eigenvalue weighted by molar-refractivity contribution is 0.284. The lowest BCUT2D eigenvalue weighted by Crippen LogP contribution is -2.45. The second kappa shape index (κ2) is 9.00. The van der Waals surface area contributed by atoms with E-state index in [0.29, 0.717) is 17.4 Å². The largest absolute Gasteiger partial charge is 0.243 e. The monoisotopic (exact) mass is 485 g/mol. The van der Waals surface area contributed by atoms with Gasteiger partial charge < -0.3 is 0 Å². The number of alkyl halides is 1. The maximum Gasteiger partial charge on any atom is 0.243 e. The fraction of sp³-hybridized carbons (Fsp3) is 0.750. The molecule has 5 heteroatoms. The van der Waals surface area contributed by atoms with Crippen molar-refractivity contribution in [3.05, 3.63) is 28.8 Å². The minimum atomic E-state index is -3.58. The van der Waals surface area contributed by atoms with Crippen molar-refractivity contribution in [2.24, 2.45) is 5.41 Å². The minimum absolute atomic E-state index is 0.00790. The smallest absolute Gasteiger partial charge is 0.207 e. The highest BCUT2D eigenvalue weighted by molar-refractivity contribution is 9.09. The molecule has 0 aromatic heterocycles. The summed E-state index contributed by atoms with van der Waals surface area (Å²) in [5.74, 6) is 0.674. The van der Waals surface area contributed by atoms with Crippen LogP contribution in [0.4, 0.5) is 0 Å². The first-order chi connectivity index (χ1) is 13.2. The van der Waals surface area contributed by atoms with Crippen LogP contribution >= 0.6 is 15.9 Å². The van der Waals surface area contributed by atoms with Gasteiger partial charge in [0.15, 0.2) is 0 Å². The average molecular weight is 487 g/mol. The van der Waals surface area contributed by atoms with Crippen LogP contribution in [0.1, 0.15) is 110 Å². The van der Waals surface area contributed by atoms with E-state index in [9.17, 15) is 8.42 Å². The van der Waals surface area contributed by atoms with E-state index in [0.717, 1.165) is 24.0 Å². The van der Waals surface area contributed by atoms with E-state index in [-0.39, 0.29) is 28.1 Å². The Kier molecular flexibility index (Phi) is 7.72. The SMILES string of the molecule is CC(C)c1cc(C(C)C)c(S(=O)(=O)N2CCCC2[C@H](Br)C(C)(C)C)c(C(C)C)c1. The summed E-state index contributed by atoms with van der Waals surface area (Å²) >= 11 is 3.85. The lowest BCUT2D eigenvalue weighted by Gasteiger charge is -2.36. The van der Waals surface area contributed by atoms with Crippen molar-refractivity contribution in [3.8, 4) is 0 Å². The van der Waals surface area contributed by atoms with Crippen molar-refractivity contribution in [3.63, 3.8) is 0 Å². The molecule has 0 amide bonds. The molecular formula is C24H40BrNO2S. The van der Waals surface area contributed by atoms with Crippen molar-refractivity contribution >= 4 is 26.0 Å². The molecule has 3 nitrogen and oxygen atoms in total. The molecular weight excluding hydrogens is 446 g/mol. The Morgan fingerprint density at radius 3 is 1.83 bits per heavy atom. The molecule has 2 atom stereocenters. The van der Waals surface area contributed by atoms with E-state index in [1.807, 2.05) is 0 Å². The van der Waals surface area contributed by atoms with Crippen molar-refractivity contribution in [2.75, 3.05) is 6.54 Å². The van der Waals surface area contributed by atoms with Crippen LogP contribution in [0.15, 0.2) is 17.0 Å². The number of hydrogen-bond acceptors (Lipinski definition) is 2. The molecule has 0 N–H and O–H groups in total. The molecule has 2 rings (SSSR count). The van der Waals surface area contributed by atoms with Gasteiger partial charge in [0.05, 0.1) is 4.90 Å². The first kappa shape index (κ1) is 24.9. The van der Waals surface area contributed by atoms with Crippen LogP contribution in [0.3, 0.4) is 0 Å². The third-order valence-electron chi connectivity index (χ3n) is 6.06. The van der Waals surface area contributed by atoms with Gasteiger partial charge in [-0.25, -0.2) is 8.42 Å². The zero-order valence-corrected chi connectivity index (χ0v) is 22.1. The van der Waals surface area contributed by atoms with E-state index in [4.69, 9.17) is 0 Å². The third kappa shape index (κ3) is 5.10. The van der Waals surface area contributed by atoms with Gasteiger partial charge in [-0.3, -0.25) is 0 Å². The first-order valence-electron chi connectivity index (χ1n) is 11.0. The fourth-order valence-electron chi connectivity index (χ4n) is 4.24. The average Bonchev–Trinajstić information content (AvgIpc) is 3.09. The van der Waals surface area contributed by atoms with Crippen molar-refractivity contribution in [2.45, 2.75) is 109 Å². The number of benzene rings is 1. The number of rotatable bonds is 6. The van der Waals surface area contributed by atoms with Gasteiger partial charge in [0.1, 0.15) is 0 Å². The molecule has 1 aromatic rings. The van der Waals surface area contributed by atoms with Crippen LogP contribution in [-0.2, 0) is 10.0 Å². The summed E-state index contributed by atoms with van der Waals surface area (Å²) < 4.78 is 30.0. The lowest BCUT2D eigenvalue weighted by atomic mass is 9.87. The number of sulfonamides is 1. The van der Waals surface area contributed by atoms with E-state index in [2.05, 4.69) is 90.4 Å². The molecule has 0 saturated carbocycles. The molecule has 29 heavy (non-hydrogen) atoms. The van der Waals surface area contributed by atoms with Crippen molar-refractivity contribution in [1.82, 2.24) is 4.31 Å². The second-order valence-corrected chi connectivity index (χ2v) is 13.4. The molecule has 0 radical (unpaired) electrons. The minimum Gasteiger partial charge on any atom is -0.207 e. The molecule has 166 valence electrons. The van der Waals surface area contributed by atoms with Gasteiger partial charge in [-0.15, -0.1) is 0 Å². The number of nitrogens with zero attached hydrogens (tertiary/aromatic N) is 1. The molecule has 1 unspecified atom stereocenters. The Hall–Kier alpha value is -0.390.